The smallest absolute Gasteiger partial charge is 0.227 e. The number of oxazole rings is 1. The Bertz CT molecular complexity index is 2610. The van der Waals surface area contributed by atoms with E-state index in [1.54, 1.807) is 0 Å². The molecule has 9 rings (SSSR count). The highest BCUT2D eigenvalue weighted by molar-refractivity contribution is 6.31. The van der Waals surface area contributed by atoms with E-state index in [0.717, 1.165) is 22.0 Å². The van der Waals surface area contributed by atoms with Crippen molar-refractivity contribution >= 4 is 43.4 Å². The van der Waals surface area contributed by atoms with E-state index in [2.05, 4.69) is 133 Å². The number of nitrogens with zero attached hydrogens (tertiary/aromatic N) is 1. The first kappa shape index (κ1) is 29.4. The average molecular weight is 632 g/mol. The Kier molecular flexibility index (Phi) is 6.54. The van der Waals surface area contributed by atoms with Crippen molar-refractivity contribution in [2.75, 3.05) is 0 Å². The van der Waals surface area contributed by atoms with Gasteiger partial charge in [-0.3, -0.25) is 0 Å². The third-order valence-corrected chi connectivity index (χ3v) is 10.0. The van der Waals surface area contributed by atoms with E-state index >= 15 is 0 Å². The quantitative estimate of drug-likeness (QED) is 0.181. The third-order valence-electron chi connectivity index (χ3n) is 10.0. The molecule has 2 heteroatoms. The highest BCUT2D eigenvalue weighted by atomic mass is 16.3. The van der Waals surface area contributed by atoms with Crippen LogP contribution in [0.2, 0.25) is 0 Å². The molecule has 9 aromatic rings. The van der Waals surface area contributed by atoms with Gasteiger partial charge in [0.05, 0.1) is 0 Å². The lowest BCUT2D eigenvalue weighted by Gasteiger charge is -2.21. The van der Waals surface area contributed by atoms with Crippen LogP contribution in [0.25, 0.3) is 88.3 Å². The Balaban J connectivity index is 1.49. The predicted molar refractivity (Wildman–Crippen MR) is 208 cm³/mol. The summed E-state index contributed by atoms with van der Waals surface area (Å²) in [5.74, 6) is 0.647. The van der Waals surface area contributed by atoms with Gasteiger partial charge in [-0.15, -0.1) is 0 Å². The molecule has 0 saturated carbocycles. The molecule has 0 N–H and O–H groups in total. The molecule has 236 valence electrons. The third kappa shape index (κ3) is 4.82. The minimum Gasteiger partial charge on any atom is -0.436 e. The fraction of sp³-hybridized carbons (Fsp3) is 0.128. The second kappa shape index (κ2) is 10.9. The van der Waals surface area contributed by atoms with E-state index in [-0.39, 0.29) is 0 Å². The first-order valence-electron chi connectivity index (χ1n) is 17.1. The van der Waals surface area contributed by atoms with Crippen molar-refractivity contribution < 1.29 is 4.42 Å². The predicted octanol–water partition coefficient (Wildman–Crippen LogP) is 13.2. The van der Waals surface area contributed by atoms with Gasteiger partial charge in [-0.25, -0.2) is 4.98 Å². The second-order valence-corrected chi connectivity index (χ2v) is 14.1. The highest BCUT2D eigenvalue weighted by Gasteiger charge is 2.23. The Morgan fingerprint density at radius 2 is 0.755 bits per heavy atom. The van der Waals surface area contributed by atoms with Crippen LogP contribution in [0.4, 0.5) is 0 Å². The topological polar surface area (TPSA) is 26.0 Å². The van der Waals surface area contributed by atoms with Crippen molar-refractivity contribution in [3.05, 3.63) is 149 Å². The SMILES string of the molecule is Cc1cc(C)cc(-c2cc(-c3cc(C)cc(C)c3)c3ccc4c(-c5nc6ccccc6o5)cc(-c5cc(C)cc(C)c5)c5ccc2c3c54)c1. The second-order valence-electron chi connectivity index (χ2n) is 14.1. The standard InChI is InChI=1S/C47H37NO/c1-26-15-27(2)19-32(18-26)39-24-40(33-20-28(3)16-29(4)21-33)36-13-14-38-42(47-48-43-9-7-8-10-44(43)49-47)25-41(34-22-30(5)17-31(6)23-34)37-12-11-35(39)45(36)46(37)38/h7-25H,1-6H3. The molecule has 2 nitrogen and oxygen atoms in total. The molecule has 0 saturated heterocycles. The normalized spacial score (nSPS) is 11.9. The van der Waals surface area contributed by atoms with E-state index in [9.17, 15) is 0 Å². The maximum absolute atomic E-state index is 6.51. The molecule has 0 amide bonds. The van der Waals surface area contributed by atoms with Gasteiger partial charge < -0.3 is 4.42 Å². The van der Waals surface area contributed by atoms with Crippen molar-refractivity contribution in [2.45, 2.75) is 41.5 Å². The van der Waals surface area contributed by atoms with Crippen LogP contribution in [0.3, 0.4) is 0 Å². The molecular formula is C47H37NO. The summed E-state index contributed by atoms with van der Waals surface area (Å²) in [4.78, 5) is 5.04. The molecule has 1 aromatic heterocycles. The van der Waals surface area contributed by atoms with E-state index in [0.29, 0.717) is 5.89 Å². The van der Waals surface area contributed by atoms with Gasteiger partial charge in [0.1, 0.15) is 5.52 Å². The number of para-hydroxylation sites is 2. The summed E-state index contributed by atoms with van der Waals surface area (Å²) in [7, 11) is 0. The Hall–Kier alpha value is -5.73. The van der Waals surface area contributed by atoms with E-state index < -0.39 is 0 Å². The van der Waals surface area contributed by atoms with Gasteiger partial charge in [-0.1, -0.05) is 124 Å². The van der Waals surface area contributed by atoms with Gasteiger partial charge in [0.2, 0.25) is 5.89 Å². The van der Waals surface area contributed by atoms with Crippen LogP contribution in [-0.4, -0.2) is 4.98 Å². The van der Waals surface area contributed by atoms with Gasteiger partial charge in [0.15, 0.2) is 5.58 Å². The van der Waals surface area contributed by atoms with Gasteiger partial charge in [-0.2, -0.15) is 0 Å². The van der Waals surface area contributed by atoms with Crippen molar-refractivity contribution in [1.82, 2.24) is 4.98 Å². The molecule has 0 atom stereocenters. The van der Waals surface area contributed by atoms with Crippen molar-refractivity contribution in [3.8, 4) is 44.8 Å². The molecule has 0 radical (unpaired) electrons. The molecule has 0 fully saturated rings. The van der Waals surface area contributed by atoms with Crippen LogP contribution in [-0.2, 0) is 0 Å². The maximum Gasteiger partial charge on any atom is 0.227 e. The molecule has 8 aromatic carbocycles. The number of benzene rings is 8. The summed E-state index contributed by atoms with van der Waals surface area (Å²) < 4.78 is 6.51. The summed E-state index contributed by atoms with van der Waals surface area (Å²) in [6.45, 7) is 13.1. The monoisotopic (exact) mass is 631 g/mol. The molecule has 0 spiro atoms. The zero-order chi connectivity index (χ0) is 33.6. The zero-order valence-corrected chi connectivity index (χ0v) is 28.8. The molecule has 0 bridgehead atoms. The number of aryl methyl sites for hydroxylation is 6. The molecule has 0 aliphatic carbocycles. The molecule has 0 aliphatic heterocycles. The number of fused-ring (bicyclic) bond motifs is 1. The fourth-order valence-electron chi connectivity index (χ4n) is 8.26. The maximum atomic E-state index is 6.51. The summed E-state index contributed by atoms with van der Waals surface area (Å²) >= 11 is 0. The van der Waals surface area contributed by atoms with Crippen LogP contribution in [0, 0.1) is 41.5 Å². The molecule has 49 heavy (non-hydrogen) atoms. The number of rotatable bonds is 4. The zero-order valence-electron chi connectivity index (χ0n) is 28.8. The fourth-order valence-corrected chi connectivity index (χ4v) is 8.26. The molecular weight excluding hydrogens is 595 g/mol. The highest BCUT2D eigenvalue weighted by Crippen LogP contribution is 2.49. The summed E-state index contributed by atoms with van der Waals surface area (Å²) in [5.41, 5.74) is 17.6. The molecule has 0 aliphatic rings. The molecule has 1 heterocycles. The van der Waals surface area contributed by atoms with Crippen LogP contribution < -0.4 is 0 Å². The average Bonchev–Trinajstić information content (AvgIpc) is 3.49. The number of hydrogen-bond donors (Lipinski definition) is 0. The van der Waals surface area contributed by atoms with E-state index in [1.807, 2.05) is 24.3 Å². The van der Waals surface area contributed by atoms with Gasteiger partial charge in [-0.05, 0) is 132 Å². The Morgan fingerprint density at radius 3 is 1.16 bits per heavy atom. The minimum atomic E-state index is 0.647. The summed E-state index contributed by atoms with van der Waals surface area (Å²) in [5, 5.41) is 7.43. The first-order valence-corrected chi connectivity index (χ1v) is 17.1. The van der Waals surface area contributed by atoms with Crippen molar-refractivity contribution in [2.24, 2.45) is 0 Å². The number of hydrogen-bond acceptors (Lipinski definition) is 2. The van der Waals surface area contributed by atoms with Crippen LogP contribution in [0.15, 0.2) is 120 Å². The summed E-state index contributed by atoms with van der Waals surface area (Å²) in [6.07, 6.45) is 0. The number of aromatic nitrogens is 1. The lowest BCUT2D eigenvalue weighted by molar-refractivity contribution is 0.620. The minimum absolute atomic E-state index is 0.647. The van der Waals surface area contributed by atoms with Crippen molar-refractivity contribution in [1.29, 1.82) is 0 Å². The lowest BCUT2D eigenvalue weighted by Crippen LogP contribution is -1.95. The summed E-state index contributed by atoms with van der Waals surface area (Å²) in [6, 6.07) is 42.8. The lowest BCUT2D eigenvalue weighted by atomic mass is 9.82. The van der Waals surface area contributed by atoms with Crippen LogP contribution >= 0.6 is 0 Å². The van der Waals surface area contributed by atoms with Crippen LogP contribution in [0.5, 0.6) is 0 Å². The van der Waals surface area contributed by atoms with E-state index in [4.69, 9.17) is 9.40 Å². The Morgan fingerprint density at radius 1 is 0.388 bits per heavy atom. The van der Waals surface area contributed by atoms with Gasteiger partial charge >= 0.3 is 0 Å². The van der Waals surface area contributed by atoms with Gasteiger partial charge in [0, 0.05) is 5.56 Å². The Labute approximate surface area is 287 Å². The molecule has 0 unspecified atom stereocenters. The largest absolute Gasteiger partial charge is 0.436 e. The van der Waals surface area contributed by atoms with Gasteiger partial charge in [0.25, 0.3) is 0 Å². The first-order chi connectivity index (χ1) is 23.7. The van der Waals surface area contributed by atoms with E-state index in [1.165, 1.54) is 93.7 Å². The van der Waals surface area contributed by atoms with Crippen LogP contribution in [0.1, 0.15) is 33.4 Å². The van der Waals surface area contributed by atoms with Crippen molar-refractivity contribution in [3.63, 3.8) is 0 Å².